The SMILES string of the molecule is [C-]#[N+]CCOP(O[C@H]1[C@@H](OC(=O)Nc2ccccc2CSSC(C)(C)C)[C@H](n2ccc(=O)[nH]c2=O)O[C@@H]1CC)N(C(C)C)C(C)C. The lowest BCUT2D eigenvalue weighted by atomic mass is 10.1. The maximum atomic E-state index is 13.6. The van der Waals surface area contributed by atoms with Crippen LogP contribution >= 0.6 is 30.1 Å². The molecule has 2 N–H and O–H groups in total. The van der Waals surface area contributed by atoms with Crippen LogP contribution in [0.3, 0.4) is 0 Å². The van der Waals surface area contributed by atoms with Gasteiger partial charge in [0.25, 0.3) is 14.1 Å². The zero-order valence-corrected chi connectivity index (χ0v) is 30.2. The number of rotatable bonds is 15. The third kappa shape index (κ3) is 10.8. The summed E-state index contributed by atoms with van der Waals surface area (Å²) in [6, 6.07) is 8.79. The van der Waals surface area contributed by atoms with Gasteiger partial charge >= 0.3 is 11.8 Å². The van der Waals surface area contributed by atoms with Crippen molar-refractivity contribution in [1.82, 2.24) is 14.2 Å². The number of para-hydroxylation sites is 1. The first-order valence-electron chi connectivity index (χ1n) is 15.3. The van der Waals surface area contributed by atoms with E-state index >= 15 is 0 Å². The minimum absolute atomic E-state index is 0.0348. The Morgan fingerprint density at radius 1 is 1.17 bits per heavy atom. The van der Waals surface area contributed by atoms with Crippen LogP contribution in [0.2, 0.25) is 0 Å². The third-order valence-corrected chi connectivity index (χ3v) is 12.1. The Morgan fingerprint density at radius 2 is 1.87 bits per heavy atom. The Balaban J connectivity index is 1.96. The van der Waals surface area contributed by atoms with Gasteiger partial charge in [-0.15, -0.1) is 0 Å². The van der Waals surface area contributed by atoms with Crippen molar-refractivity contribution < 1.29 is 23.3 Å². The molecule has 1 aliphatic heterocycles. The van der Waals surface area contributed by atoms with E-state index in [1.165, 1.54) is 16.8 Å². The zero-order chi connectivity index (χ0) is 34.0. The maximum Gasteiger partial charge on any atom is 0.412 e. The lowest BCUT2D eigenvalue weighted by Gasteiger charge is -2.38. The van der Waals surface area contributed by atoms with Gasteiger partial charge in [-0.3, -0.25) is 19.7 Å². The molecule has 254 valence electrons. The van der Waals surface area contributed by atoms with Gasteiger partial charge in [0.05, 0.1) is 6.10 Å². The molecule has 1 amide bonds. The molecule has 5 atom stereocenters. The van der Waals surface area contributed by atoms with Gasteiger partial charge in [-0.05, 0) is 45.7 Å². The quantitative estimate of drug-likeness (QED) is 0.0888. The molecule has 1 aromatic carbocycles. The summed E-state index contributed by atoms with van der Waals surface area (Å²) in [5, 5.41) is 2.88. The van der Waals surface area contributed by atoms with Gasteiger partial charge in [0.1, 0.15) is 12.7 Å². The molecule has 1 aromatic heterocycles. The van der Waals surface area contributed by atoms with Gasteiger partial charge in [-0.2, -0.15) is 0 Å². The molecule has 2 heterocycles. The minimum Gasteiger partial charge on any atom is -0.438 e. The number of hydrogen-bond acceptors (Lipinski definition) is 10. The lowest BCUT2D eigenvalue weighted by Crippen LogP contribution is -2.43. The third-order valence-electron chi connectivity index (χ3n) is 6.70. The Labute approximate surface area is 280 Å². The van der Waals surface area contributed by atoms with Gasteiger partial charge in [-0.1, -0.05) is 67.5 Å². The predicted molar refractivity (Wildman–Crippen MR) is 186 cm³/mol. The number of nitrogens with zero attached hydrogens (tertiary/aromatic N) is 3. The van der Waals surface area contributed by atoms with Crippen molar-refractivity contribution in [2.24, 2.45) is 0 Å². The fourth-order valence-electron chi connectivity index (χ4n) is 4.84. The Kier molecular flexibility index (Phi) is 14.6. The normalized spacial score (nSPS) is 20.7. The maximum absolute atomic E-state index is 13.6. The molecular weight excluding hydrogens is 649 g/mol. The molecule has 1 fully saturated rings. The second kappa shape index (κ2) is 17.7. The van der Waals surface area contributed by atoms with Crippen LogP contribution in [-0.4, -0.2) is 68.6 Å². The monoisotopic (exact) mass is 695 g/mol. The van der Waals surface area contributed by atoms with E-state index in [1.54, 1.807) is 21.6 Å². The summed E-state index contributed by atoms with van der Waals surface area (Å²) in [5.41, 5.74) is 0.265. The standard InChI is InChI=1S/C31H46N5O7PS2/c1-10-24-26(43-44(40-18-16-32-9)36(20(2)3)21(4)5)27(28(41-24)35-17-15-25(37)34-29(35)38)42-30(39)33-23-14-12-11-13-22(23)19-45-46-31(6,7)8/h11-15,17,20-21,24,26-28H,10,16,18-19H2,1-8H3,(H,33,39)(H,34,37,38)/t24-,26-,27-,28-,44?/m1/s1. The molecule has 0 aliphatic carbocycles. The molecule has 46 heavy (non-hydrogen) atoms. The summed E-state index contributed by atoms with van der Waals surface area (Å²) in [5.74, 6) is 0.663. The van der Waals surface area contributed by atoms with Crippen molar-refractivity contribution in [2.45, 2.75) is 109 Å². The number of aromatic amines is 1. The molecule has 15 heteroatoms. The first-order valence-corrected chi connectivity index (χ1v) is 18.7. The number of H-pyrrole nitrogens is 1. The Morgan fingerprint density at radius 3 is 2.48 bits per heavy atom. The summed E-state index contributed by atoms with van der Waals surface area (Å²) in [6.07, 6.45) is -2.57. The van der Waals surface area contributed by atoms with Gasteiger partial charge in [-0.25, -0.2) is 20.8 Å². The summed E-state index contributed by atoms with van der Waals surface area (Å²) in [6.45, 7) is 24.0. The van der Waals surface area contributed by atoms with Crippen LogP contribution in [0.15, 0.2) is 46.1 Å². The van der Waals surface area contributed by atoms with E-state index in [0.717, 1.165) is 5.56 Å². The first kappa shape index (κ1) is 38.1. The number of carbonyl (C=O) groups excluding carboxylic acids is 1. The van der Waals surface area contributed by atoms with Crippen molar-refractivity contribution in [1.29, 1.82) is 0 Å². The number of anilines is 1. The topological polar surface area (TPSA) is 128 Å². The number of ether oxygens (including phenoxy) is 2. The van der Waals surface area contributed by atoms with E-state index in [-0.39, 0.29) is 30.0 Å². The van der Waals surface area contributed by atoms with E-state index in [4.69, 9.17) is 25.1 Å². The number of nitrogens with one attached hydrogen (secondary N) is 2. The Hall–Kier alpha value is -2.37. The molecule has 3 rings (SSSR count). The number of carbonyl (C=O) groups is 1. The molecule has 1 aliphatic rings. The van der Waals surface area contributed by atoms with Crippen LogP contribution < -0.4 is 16.6 Å². The van der Waals surface area contributed by atoms with Crippen LogP contribution in [0, 0.1) is 6.57 Å². The van der Waals surface area contributed by atoms with E-state index in [0.29, 0.717) is 17.9 Å². The highest BCUT2D eigenvalue weighted by molar-refractivity contribution is 8.76. The molecule has 0 saturated carbocycles. The summed E-state index contributed by atoms with van der Waals surface area (Å²) in [4.78, 5) is 44.0. The molecule has 12 nitrogen and oxygen atoms in total. The first-order chi connectivity index (χ1) is 21.7. The molecular formula is C31H46N5O7PS2. The van der Waals surface area contributed by atoms with Crippen molar-refractivity contribution in [3.8, 4) is 0 Å². The second-order valence-corrected chi connectivity index (χ2v) is 16.7. The number of benzene rings is 1. The van der Waals surface area contributed by atoms with E-state index in [9.17, 15) is 14.4 Å². The molecule has 1 saturated heterocycles. The van der Waals surface area contributed by atoms with Crippen LogP contribution in [0.1, 0.15) is 73.6 Å². The van der Waals surface area contributed by atoms with Crippen LogP contribution in [-0.2, 0) is 24.3 Å². The van der Waals surface area contributed by atoms with Gasteiger partial charge < -0.3 is 23.4 Å². The molecule has 0 bridgehead atoms. The zero-order valence-electron chi connectivity index (χ0n) is 27.7. The van der Waals surface area contributed by atoms with Gasteiger partial charge in [0.2, 0.25) is 6.54 Å². The van der Waals surface area contributed by atoms with Crippen molar-refractivity contribution >= 4 is 41.9 Å². The fraction of sp³-hybridized carbons (Fsp3) is 0.613. The van der Waals surface area contributed by atoms with Crippen molar-refractivity contribution in [3.05, 3.63) is 74.3 Å². The number of amides is 1. The summed E-state index contributed by atoms with van der Waals surface area (Å²) in [7, 11) is 1.72. The van der Waals surface area contributed by atoms with Crippen molar-refractivity contribution in [2.75, 3.05) is 18.5 Å². The average molecular weight is 696 g/mol. The van der Waals surface area contributed by atoms with E-state index in [1.807, 2.05) is 58.9 Å². The van der Waals surface area contributed by atoms with Crippen molar-refractivity contribution in [3.63, 3.8) is 0 Å². The lowest BCUT2D eigenvalue weighted by molar-refractivity contribution is -0.0428. The smallest absolute Gasteiger partial charge is 0.412 e. The van der Waals surface area contributed by atoms with Crippen LogP contribution in [0.4, 0.5) is 10.5 Å². The highest BCUT2D eigenvalue weighted by atomic mass is 33.1. The fourth-order valence-corrected chi connectivity index (χ4v) is 9.00. The largest absolute Gasteiger partial charge is 0.438 e. The van der Waals surface area contributed by atoms with E-state index in [2.05, 4.69) is 40.6 Å². The van der Waals surface area contributed by atoms with Crippen LogP contribution in [0.5, 0.6) is 0 Å². The second-order valence-electron chi connectivity index (χ2n) is 12.2. The average Bonchev–Trinajstić information content (AvgIpc) is 3.29. The summed E-state index contributed by atoms with van der Waals surface area (Å²) < 4.78 is 28.6. The highest BCUT2D eigenvalue weighted by Crippen LogP contribution is 2.50. The number of aromatic nitrogens is 2. The van der Waals surface area contributed by atoms with Gasteiger partial charge in [0.15, 0.2) is 12.3 Å². The molecule has 1 unspecified atom stereocenters. The molecule has 0 radical (unpaired) electrons. The predicted octanol–water partition coefficient (Wildman–Crippen LogP) is 6.81. The molecule has 2 aromatic rings. The summed E-state index contributed by atoms with van der Waals surface area (Å²) >= 11 is 0. The highest BCUT2D eigenvalue weighted by Gasteiger charge is 2.51. The number of hydrogen-bond donors (Lipinski definition) is 2. The Bertz CT molecular complexity index is 1430. The van der Waals surface area contributed by atoms with Crippen LogP contribution in [0.25, 0.3) is 4.85 Å². The van der Waals surface area contributed by atoms with E-state index < -0.39 is 50.4 Å². The van der Waals surface area contributed by atoms with Gasteiger partial charge in [0, 0.05) is 40.5 Å². The molecule has 0 spiro atoms. The minimum atomic E-state index is -1.73.